The SMILES string of the molecule is CNCC1CCCCCC1C1CCCCC1. The van der Waals surface area contributed by atoms with Gasteiger partial charge in [-0.1, -0.05) is 51.4 Å². The van der Waals surface area contributed by atoms with Crippen LogP contribution in [0, 0.1) is 17.8 Å². The standard InChI is InChI=1S/C15H29N/c1-16-12-14-10-6-3-7-11-15(14)13-8-4-2-5-9-13/h13-16H,2-12H2,1H3. The van der Waals surface area contributed by atoms with Gasteiger partial charge in [0, 0.05) is 0 Å². The van der Waals surface area contributed by atoms with E-state index in [1.165, 1.54) is 70.8 Å². The molecular weight excluding hydrogens is 194 g/mol. The van der Waals surface area contributed by atoms with E-state index in [0.717, 1.165) is 17.8 Å². The van der Waals surface area contributed by atoms with E-state index in [0.29, 0.717) is 0 Å². The maximum absolute atomic E-state index is 3.43. The molecule has 0 amide bonds. The van der Waals surface area contributed by atoms with Gasteiger partial charge in [-0.25, -0.2) is 0 Å². The van der Waals surface area contributed by atoms with Crippen LogP contribution in [0.1, 0.15) is 64.2 Å². The summed E-state index contributed by atoms with van der Waals surface area (Å²) < 4.78 is 0. The number of hydrogen-bond donors (Lipinski definition) is 1. The first-order valence-electron chi connectivity index (χ1n) is 7.56. The minimum Gasteiger partial charge on any atom is -0.319 e. The van der Waals surface area contributed by atoms with E-state index in [4.69, 9.17) is 0 Å². The summed E-state index contributed by atoms with van der Waals surface area (Å²) in [5.74, 6) is 3.11. The third-order valence-electron chi connectivity index (χ3n) is 4.94. The van der Waals surface area contributed by atoms with Gasteiger partial charge < -0.3 is 5.32 Å². The zero-order valence-electron chi connectivity index (χ0n) is 11.0. The monoisotopic (exact) mass is 223 g/mol. The molecule has 2 aliphatic carbocycles. The lowest BCUT2D eigenvalue weighted by Gasteiger charge is -2.35. The highest BCUT2D eigenvalue weighted by molar-refractivity contribution is 4.82. The predicted octanol–water partition coefficient (Wildman–Crippen LogP) is 3.98. The van der Waals surface area contributed by atoms with Crippen molar-refractivity contribution in [1.29, 1.82) is 0 Å². The Morgan fingerprint density at radius 3 is 2.12 bits per heavy atom. The van der Waals surface area contributed by atoms with Crippen LogP contribution >= 0.6 is 0 Å². The molecule has 0 bridgehead atoms. The van der Waals surface area contributed by atoms with Gasteiger partial charge in [0.15, 0.2) is 0 Å². The highest BCUT2D eigenvalue weighted by atomic mass is 14.8. The van der Waals surface area contributed by atoms with Gasteiger partial charge in [-0.3, -0.25) is 0 Å². The number of hydrogen-bond acceptors (Lipinski definition) is 1. The Balaban J connectivity index is 1.94. The van der Waals surface area contributed by atoms with Crippen molar-refractivity contribution in [2.45, 2.75) is 64.2 Å². The Bertz CT molecular complexity index is 184. The lowest BCUT2D eigenvalue weighted by atomic mass is 9.72. The summed E-state index contributed by atoms with van der Waals surface area (Å²) in [5.41, 5.74) is 0. The molecule has 2 atom stereocenters. The molecule has 2 rings (SSSR count). The molecule has 0 heterocycles. The summed E-state index contributed by atoms with van der Waals surface area (Å²) in [6.45, 7) is 1.27. The topological polar surface area (TPSA) is 12.0 Å². The van der Waals surface area contributed by atoms with Gasteiger partial charge in [0.1, 0.15) is 0 Å². The van der Waals surface area contributed by atoms with Gasteiger partial charge >= 0.3 is 0 Å². The van der Waals surface area contributed by atoms with E-state index in [1.807, 2.05) is 0 Å². The van der Waals surface area contributed by atoms with Crippen molar-refractivity contribution in [1.82, 2.24) is 5.32 Å². The van der Waals surface area contributed by atoms with Gasteiger partial charge in [-0.05, 0) is 44.2 Å². The molecule has 1 nitrogen and oxygen atoms in total. The smallest absolute Gasteiger partial charge is 0.00208 e. The van der Waals surface area contributed by atoms with Crippen LogP contribution in [-0.4, -0.2) is 13.6 Å². The molecule has 0 saturated heterocycles. The fraction of sp³-hybridized carbons (Fsp3) is 1.00. The molecule has 0 aromatic carbocycles. The highest BCUT2D eigenvalue weighted by Gasteiger charge is 2.30. The Labute approximate surface area is 101 Å². The summed E-state index contributed by atoms with van der Waals surface area (Å²) in [6, 6.07) is 0. The molecular formula is C15H29N. The minimum absolute atomic E-state index is 0.982. The lowest BCUT2D eigenvalue weighted by molar-refractivity contribution is 0.165. The Kier molecular flexibility index (Phi) is 5.15. The van der Waals surface area contributed by atoms with Crippen LogP contribution in [-0.2, 0) is 0 Å². The van der Waals surface area contributed by atoms with E-state index in [2.05, 4.69) is 12.4 Å². The van der Waals surface area contributed by atoms with Crippen LogP contribution in [0.5, 0.6) is 0 Å². The molecule has 0 aromatic heterocycles. The zero-order valence-corrected chi connectivity index (χ0v) is 11.0. The Morgan fingerprint density at radius 2 is 1.44 bits per heavy atom. The zero-order chi connectivity index (χ0) is 11.2. The maximum Gasteiger partial charge on any atom is -0.00208 e. The molecule has 2 saturated carbocycles. The minimum atomic E-state index is 0.982. The Hall–Kier alpha value is -0.0400. The molecule has 1 heteroatoms. The third-order valence-corrected chi connectivity index (χ3v) is 4.94. The van der Waals surface area contributed by atoms with E-state index in [9.17, 15) is 0 Å². The molecule has 2 unspecified atom stereocenters. The van der Waals surface area contributed by atoms with Crippen molar-refractivity contribution >= 4 is 0 Å². The average molecular weight is 223 g/mol. The summed E-state index contributed by atoms with van der Waals surface area (Å²) in [6.07, 6.45) is 15.1. The average Bonchev–Trinajstić information content (AvgIpc) is 2.56. The first kappa shape index (κ1) is 12.4. The van der Waals surface area contributed by atoms with Gasteiger partial charge in [0.05, 0.1) is 0 Å². The van der Waals surface area contributed by atoms with Crippen molar-refractivity contribution < 1.29 is 0 Å². The predicted molar refractivity (Wildman–Crippen MR) is 70.6 cm³/mol. The molecule has 16 heavy (non-hydrogen) atoms. The number of rotatable bonds is 3. The molecule has 94 valence electrons. The fourth-order valence-electron chi connectivity index (χ4n) is 4.11. The van der Waals surface area contributed by atoms with Gasteiger partial charge in [-0.2, -0.15) is 0 Å². The molecule has 0 aliphatic heterocycles. The first-order chi connectivity index (χ1) is 7.92. The van der Waals surface area contributed by atoms with Crippen molar-refractivity contribution in [3.63, 3.8) is 0 Å². The second-order valence-corrected chi connectivity index (χ2v) is 6.02. The molecule has 2 fully saturated rings. The summed E-state index contributed by atoms with van der Waals surface area (Å²) in [5, 5.41) is 3.43. The van der Waals surface area contributed by atoms with Crippen LogP contribution in [0.25, 0.3) is 0 Å². The Morgan fingerprint density at radius 1 is 0.812 bits per heavy atom. The van der Waals surface area contributed by atoms with E-state index in [-0.39, 0.29) is 0 Å². The maximum atomic E-state index is 3.43. The van der Waals surface area contributed by atoms with Gasteiger partial charge in [-0.15, -0.1) is 0 Å². The largest absolute Gasteiger partial charge is 0.319 e. The van der Waals surface area contributed by atoms with E-state index < -0.39 is 0 Å². The summed E-state index contributed by atoms with van der Waals surface area (Å²) in [4.78, 5) is 0. The molecule has 0 spiro atoms. The van der Waals surface area contributed by atoms with E-state index in [1.54, 1.807) is 0 Å². The second-order valence-electron chi connectivity index (χ2n) is 6.02. The van der Waals surface area contributed by atoms with Crippen molar-refractivity contribution in [2.24, 2.45) is 17.8 Å². The van der Waals surface area contributed by atoms with Gasteiger partial charge in [0.25, 0.3) is 0 Å². The second kappa shape index (κ2) is 6.64. The molecule has 0 radical (unpaired) electrons. The van der Waals surface area contributed by atoms with Crippen LogP contribution in [0.15, 0.2) is 0 Å². The van der Waals surface area contributed by atoms with Crippen molar-refractivity contribution in [2.75, 3.05) is 13.6 Å². The van der Waals surface area contributed by atoms with Crippen LogP contribution in [0.4, 0.5) is 0 Å². The van der Waals surface area contributed by atoms with Crippen LogP contribution in [0.2, 0.25) is 0 Å². The number of nitrogens with one attached hydrogen (secondary N) is 1. The van der Waals surface area contributed by atoms with Crippen LogP contribution in [0.3, 0.4) is 0 Å². The summed E-state index contributed by atoms with van der Waals surface area (Å²) >= 11 is 0. The van der Waals surface area contributed by atoms with E-state index >= 15 is 0 Å². The van der Waals surface area contributed by atoms with Crippen LogP contribution < -0.4 is 5.32 Å². The summed E-state index contributed by atoms with van der Waals surface area (Å²) in [7, 11) is 2.13. The lowest BCUT2D eigenvalue weighted by Crippen LogP contribution is -2.31. The molecule has 2 aliphatic rings. The normalized spacial score (nSPS) is 33.6. The van der Waals surface area contributed by atoms with Crippen molar-refractivity contribution in [3.8, 4) is 0 Å². The molecule has 1 N–H and O–H groups in total. The fourth-order valence-corrected chi connectivity index (χ4v) is 4.11. The van der Waals surface area contributed by atoms with Gasteiger partial charge in [0.2, 0.25) is 0 Å². The van der Waals surface area contributed by atoms with Crippen molar-refractivity contribution in [3.05, 3.63) is 0 Å². The highest BCUT2D eigenvalue weighted by Crippen LogP contribution is 2.40. The quantitative estimate of drug-likeness (QED) is 0.714. The first-order valence-corrected chi connectivity index (χ1v) is 7.56. The molecule has 0 aromatic rings. The third kappa shape index (κ3) is 3.23.